The molecule has 1 saturated carbocycles. The molecule has 2 nitrogen and oxygen atoms in total. The highest BCUT2D eigenvalue weighted by atomic mass is 32.2. The fourth-order valence-electron chi connectivity index (χ4n) is 3.15. The average Bonchev–Trinajstić information content (AvgIpc) is 2.76. The predicted octanol–water partition coefficient (Wildman–Crippen LogP) is 1.95. The number of rotatable bonds is 3. The van der Waals surface area contributed by atoms with Gasteiger partial charge >= 0.3 is 0 Å². The van der Waals surface area contributed by atoms with Gasteiger partial charge in [-0.2, -0.15) is 11.8 Å². The summed E-state index contributed by atoms with van der Waals surface area (Å²) in [4.78, 5) is 2.80. The second-order valence-corrected chi connectivity index (χ2v) is 5.85. The topological polar surface area (TPSA) is 15.3 Å². The van der Waals surface area contributed by atoms with Crippen molar-refractivity contribution in [1.29, 1.82) is 0 Å². The fraction of sp³-hybridized carbons (Fsp3) is 1.00. The Morgan fingerprint density at radius 3 is 3.00 bits per heavy atom. The molecule has 0 radical (unpaired) electrons. The first kappa shape index (κ1) is 11.7. The first-order valence-corrected chi connectivity index (χ1v) is 7.65. The maximum Gasteiger partial charge on any atom is 0.0221 e. The van der Waals surface area contributed by atoms with Crippen molar-refractivity contribution in [3.63, 3.8) is 0 Å². The highest BCUT2D eigenvalue weighted by Crippen LogP contribution is 2.33. The maximum absolute atomic E-state index is 3.52. The monoisotopic (exact) mass is 228 g/mol. The van der Waals surface area contributed by atoms with E-state index < -0.39 is 0 Å². The highest BCUT2D eigenvalue weighted by molar-refractivity contribution is 7.99. The molecule has 1 aliphatic carbocycles. The Balaban J connectivity index is 1.99. The molecule has 2 fully saturated rings. The molecule has 3 heteroatoms. The van der Waals surface area contributed by atoms with Crippen molar-refractivity contribution in [2.45, 2.75) is 49.9 Å². The summed E-state index contributed by atoms with van der Waals surface area (Å²) in [6.45, 7) is 5.98. The van der Waals surface area contributed by atoms with E-state index in [1.54, 1.807) is 0 Å². The number of thioether (sulfide) groups is 1. The molecule has 0 bridgehead atoms. The van der Waals surface area contributed by atoms with E-state index >= 15 is 0 Å². The Morgan fingerprint density at radius 1 is 1.40 bits per heavy atom. The molecular formula is C12H24N2S. The summed E-state index contributed by atoms with van der Waals surface area (Å²) in [7, 11) is 0. The van der Waals surface area contributed by atoms with Gasteiger partial charge in [-0.05, 0) is 25.5 Å². The minimum Gasteiger partial charge on any atom is -0.314 e. The Bertz CT molecular complexity index is 198. The van der Waals surface area contributed by atoms with Gasteiger partial charge in [0, 0.05) is 37.0 Å². The zero-order valence-electron chi connectivity index (χ0n) is 10.0. The van der Waals surface area contributed by atoms with E-state index in [9.17, 15) is 0 Å². The van der Waals surface area contributed by atoms with Crippen LogP contribution < -0.4 is 5.32 Å². The molecule has 1 heterocycles. The Kier molecular flexibility index (Phi) is 4.35. The molecule has 15 heavy (non-hydrogen) atoms. The Morgan fingerprint density at radius 2 is 2.27 bits per heavy atom. The van der Waals surface area contributed by atoms with E-state index in [2.05, 4.69) is 35.2 Å². The first-order chi connectivity index (χ1) is 7.36. The van der Waals surface area contributed by atoms with E-state index in [1.165, 1.54) is 45.3 Å². The van der Waals surface area contributed by atoms with Crippen LogP contribution in [0, 0.1) is 0 Å². The average molecular weight is 228 g/mol. The molecular weight excluding hydrogens is 204 g/mol. The lowest BCUT2D eigenvalue weighted by molar-refractivity contribution is 0.108. The van der Waals surface area contributed by atoms with Crippen LogP contribution in [0.25, 0.3) is 0 Å². The summed E-state index contributed by atoms with van der Waals surface area (Å²) < 4.78 is 0. The summed E-state index contributed by atoms with van der Waals surface area (Å²) in [5.41, 5.74) is 0. The van der Waals surface area contributed by atoms with Crippen LogP contribution in [0.15, 0.2) is 0 Å². The molecule has 0 amide bonds. The van der Waals surface area contributed by atoms with Crippen LogP contribution in [0.1, 0.15) is 32.6 Å². The van der Waals surface area contributed by atoms with Gasteiger partial charge in [0.25, 0.3) is 0 Å². The summed E-state index contributed by atoms with van der Waals surface area (Å²) in [5, 5.41) is 4.42. The second-order valence-electron chi connectivity index (χ2n) is 4.78. The van der Waals surface area contributed by atoms with Gasteiger partial charge in [0.15, 0.2) is 0 Å². The minimum atomic E-state index is 0.788. The molecule has 3 unspecified atom stereocenters. The van der Waals surface area contributed by atoms with E-state index in [1.807, 2.05) is 0 Å². The van der Waals surface area contributed by atoms with Crippen molar-refractivity contribution >= 4 is 11.8 Å². The third-order valence-corrected chi connectivity index (χ3v) is 5.17. The van der Waals surface area contributed by atoms with Crippen LogP contribution in [-0.2, 0) is 0 Å². The van der Waals surface area contributed by atoms with E-state index in [4.69, 9.17) is 0 Å². The van der Waals surface area contributed by atoms with Crippen molar-refractivity contribution in [3.05, 3.63) is 0 Å². The van der Waals surface area contributed by atoms with Gasteiger partial charge in [-0.15, -0.1) is 0 Å². The SMILES string of the molecule is CCC1CNCCN1C1CCCC1SC. The van der Waals surface area contributed by atoms with Crippen molar-refractivity contribution in [3.8, 4) is 0 Å². The van der Waals surface area contributed by atoms with Gasteiger partial charge in [0.1, 0.15) is 0 Å². The summed E-state index contributed by atoms with van der Waals surface area (Å²) in [6.07, 6.45) is 7.89. The Labute approximate surface area is 98.2 Å². The van der Waals surface area contributed by atoms with Gasteiger partial charge in [0.05, 0.1) is 0 Å². The molecule has 0 aromatic heterocycles. The van der Waals surface area contributed by atoms with Crippen molar-refractivity contribution in [1.82, 2.24) is 10.2 Å². The Hall–Kier alpha value is 0.270. The molecule has 0 aromatic rings. The van der Waals surface area contributed by atoms with Crippen LogP contribution in [-0.4, -0.2) is 48.1 Å². The molecule has 1 aliphatic heterocycles. The van der Waals surface area contributed by atoms with Gasteiger partial charge in [-0.25, -0.2) is 0 Å². The van der Waals surface area contributed by atoms with Gasteiger partial charge in [-0.1, -0.05) is 13.3 Å². The molecule has 1 N–H and O–H groups in total. The third-order valence-electron chi connectivity index (χ3n) is 4.01. The number of hydrogen-bond acceptors (Lipinski definition) is 3. The summed E-state index contributed by atoms with van der Waals surface area (Å²) >= 11 is 2.08. The number of nitrogens with one attached hydrogen (secondary N) is 1. The first-order valence-electron chi connectivity index (χ1n) is 6.36. The molecule has 1 saturated heterocycles. The maximum atomic E-state index is 3.52. The predicted molar refractivity (Wildman–Crippen MR) is 68.6 cm³/mol. The lowest BCUT2D eigenvalue weighted by Gasteiger charge is -2.41. The molecule has 2 aliphatic rings. The van der Waals surface area contributed by atoms with Crippen LogP contribution >= 0.6 is 11.8 Å². The van der Waals surface area contributed by atoms with Crippen molar-refractivity contribution in [2.24, 2.45) is 0 Å². The largest absolute Gasteiger partial charge is 0.314 e. The molecule has 0 aromatic carbocycles. The van der Waals surface area contributed by atoms with Crippen LogP contribution in [0.4, 0.5) is 0 Å². The lowest BCUT2D eigenvalue weighted by atomic mass is 10.1. The lowest BCUT2D eigenvalue weighted by Crippen LogP contribution is -2.56. The smallest absolute Gasteiger partial charge is 0.0221 e. The second kappa shape index (κ2) is 5.55. The fourth-order valence-corrected chi connectivity index (χ4v) is 4.16. The van der Waals surface area contributed by atoms with Crippen LogP contribution in [0.2, 0.25) is 0 Å². The van der Waals surface area contributed by atoms with Gasteiger partial charge in [-0.3, -0.25) is 4.90 Å². The number of nitrogens with zero attached hydrogens (tertiary/aromatic N) is 1. The van der Waals surface area contributed by atoms with Crippen LogP contribution in [0.3, 0.4) is 0 Å². The molecule has 0 spiro atoms. The molecule has 2 rings (SSSR count). The molecule has 88 valence electrons. The zero-order valence-corrected chi connectivity index (χ0v) is 10.9. The van der Waals surface area contributed by atoms with E-state index in [0.29, 0.717) is 0 Å². The van der Waals surface area contributed by atoms with Crippen LogP contribution in [0.5, 0.6) is 0 Å². The van der Waals surface area contributed by atoms with Gasteiger partial charge < -0.3 is 5.32 Å². The third kappa shape index (κ3) is 2.51. The minimum absolute atomic E-state index is 0.788. The number of piperazine rings is 1. The van der Waals surface area contributed by atoms with E-state index in [0.717, 1.165) is 17.3 Å². The number of hydrogen-bond donors (Lipinski definition) is 1. The van der Waals surface area contributed by atoms with Crippen molar-refractivity contribution < 1.29 is 0 Å². The normalized spacial score (nSPS) is 38.4. The zero-order chi connectivity index (χ0) is 10.7. The van der Waals surface area contributed by atoms with E-state index in [-0.39, 0.29) is 0 Å². The highest BCUT2D eigenvalue weighted by Gasteiger charge is 2.35. The van der Waals surface area contributed by atoms with Gasteiger partial charge in [0.2, 0.25) is 0 Å². The summed E-state index contributed by atoms with van der Waals surface area (Å²) in [6, 6.07) is 1.66. The standard InChI is InChI=1S/C12H24N2S/c1-3-10-9-13-7-8-14(10)11-5-4-6-12(11)15-2/h10-13H,3-9H2,1-2H3. The quantitative estimate of drug-likeness (QED) is 0.795. The summed E-state index contributed by atoms with van der Waals surface area (Å²) in [5.74, 6) is 0. The van der Waals surface area contributed by atoms with Crippen molar-refractivity contribution in [2.75, 3.05) is 25.9 Å². The molecule has 3 atom stereocenters.